The van der Waals surface area contributed by atoms with E-state index in [1.165, 1.54) is 18.1 Å². The number of rotatable bonds is 1. The second kappa shape index (κ2) is 3.21. The van der Waals surface area contributed by atoms with Gasteiger partial charge in [0.2, 0.25) is 0 Å². The third-order valence-corrected chi connectivity index (χ3v) is 2.35. The molecule has 0 amide bonds. The Labute approximate surface area is 77.5 Å². The molecule has 0 aromatic heterocycles. The highest BCUT2D eigenvalue weighted by atomic mass is 16.5. The Kier molecular flexibility index (Phi) is 2.05. The van der Waals surface area contributed by atoms with Crippen LogP contribution in [0.3, 0.4) is 0 Å². The molecule has 2 rings (SSSR count). The van der Waals surface area contributed by atoms with E-state index in [-0.39, 0.29) is 12.1 Å². The summed E-state index contributed by atoms with van der Waals surface area (Å²) < 4.78 is 5.15. The number of ether oxygens (including phenoxy) is 1. The van der Waals surface area contributed by atoms with E-state index in [1.807, 2.05) is 12.1 Å². The molecule has 0 fully saturated rings. The molecule has 68 valence electrons. The number of carbonyl (C=O) groups excluding carboxylic acids is 1. The van der Waals surface area contributed by atoms with Crippen molar-refractivity contribution in [3.63, 3.8) is 0 Å². The highest BCUT2D eigenvalue weighted by Crippen LogP contribution is 2.23. The van der Waals surface area contributed by atoms with Crippen LogP contribution in [0.15, 0.2) is 24.3 Å². The summed E-state index contributed by atoms with van der Waals surface area (Å²) in [7, 11) is 0. The molecule has 1 aromatic rings. The Morgan fingerprint density at radius 3 is 2.31 bits per heavy atom. The van der Waals surface area contributed by atoms with Crippen molar-refractivity contribution in [2.75, 3.05) is 0 Å². The van der Waals surface area contributed by atoms with Gasteiger partial charge in [-0.2, -0.15) is 0 Å². The summed E-state index contributed by atoms with van der Waals surface area (Å²) in [6, 6.07) is 8.24. The van der Waals surface area contributed by atoms with Gasteiger partial charge in [-0.1, -0.05) is 24.3 Å². The number of hydrogen-bond donors (Lipinski definition) is 0. The van der Waals surface area contributed by atoms with Gasteiger partial charge in [0.15, 0.2) is 0 Å². The van der Waals surface area contributed by atoms with Gasteiger partial charge >= 0.3 is 5.97 Å². The van der Waals surface area contributed by atoms with Crippen molar-refractivity contribution in [1.82, 2.24) is 0 Å². The molecule has 0 atom stereocenters. The standard InChI is InChI=1S/C11H12O2/c1-8(12)13-11-6-9-4-2-3-5-10(9)7-11/h2-5,11H,6-7H2,1H3. The predicted octanol–water partition coefficient (Wildman–Crippen LogP) is 1.72. The molecule has 1 aromatic carbocycles. The van der Waals surface area contributed by atoms with E-state index in [4.69, 9.17) is 4.74 Å². The molecule has 2 heteroatoms. The van der Waals surface area contributed by atoms with Crippen molar-refractivity contribution in [3.05, 3.63) is 35.4 Å². The highest BCUT2D eigenvalue weighted by Gasteiger charge is 2.22. The average Bonchev–Trinajstić information content (AvgIpc) is 2.44. The zero-order chi connectivity index (χ0) is 9.26. The SMILES string of the molecule is CC(=O)OC1Cc2ccccc2C1. The predicted molar refractivity (Wildman–Crippen MR) is 49.4 cm³/mol. The van der Waals surface area contributed by atoms with Gasteiger partial charge in [0.25, 0.3) is 0 Å². The number of esters is 1. The van der Waals surface area contributed by atoms with E-state index in [2.05, 4.69) is 12.1 Å². The van der Waals surface area contributed by atoms with Crippen LogP contribution in [0.25, 0.3) is 0 Å². The first kappa shape index (κ1) is 8.30. The molecule has 0 radical (unpaired) electrons. The fourth-order valence-electron chi connectivity index (χ4n) is 1.84. The van der Waals surface area contributed by atoms with E-state index in [0.717, 1.165) is 12.8 Å². The van der Waals surface area contributed by atoms with Crippen molar-refractivity contribution in [2.24, 2.45) is 0 Å². The van der Waals surface area contributed by atoms with Gasteiger partial charge < -0.3 is 4.74 Å². The highest BCUT2D eigenvalue weighted by molar-refractivity contribution is 5.66. The van der Waals surface area contributed by atoms with Gasteiger partial charge in [-0.25, -0.2) is 0 Å². The van der Waals surface area contributed by atoms with Crippen LogP contribution in [0.5, 0.6) is 0 Å². The summed E-state index contributed by atoms with van der Waals surface area (Å²) >= 11 is 0. The molecule has 13 heavy (non-hydrogen) atoms. The maximum Gasteiger partial charge on any atom is 0.302 e. The summed E-state index contributed by atoms with van der Waals surface area (Å²) in [6.45, 7) is 1.46. The second-order valence-corrected chi connectivity index (χ2v) is 3.41. The van der Waals surface area contributed by atoms with E-state index >= 15 is 0 Å². The minimum atomic E-state index is -0.183. The number of hydrogen-bond acceptors (Lipinski definition) is 2. The topological polar surface area (TPSA) is 26.3 Å². The van der Waals surface area contributed by atoms with Crippen LogP contribution in [0.4, 0.5) is 0 Å². The van der Waals surface area contributed by atoms with Crippen molar-refractivity contribution in [2.45, 2.75) is 25.9 Å². The maximum absolute atomic E-state index is 10.7. The van der Waals surface area contributed by atoms with Gasteiger partial charge in [0.05, 0.1) is 0 Å². The Morgan fingerprint density at radius 2 is 1.85 bits per heavy atom. The van der Waals surface area contributed by atoms with Gasteiger partial charge in [0, 0.05) is 19.8 Å². The second-order valence-electron chi connectivity index (χ2n) is 3.41. The Morgan fingerprint density at radius 1 is 1.31 bits per heavy atom. The lowest BCUT2D eigenvalue weighted by Crippen LogP contribution is -2.15. The fourth-order valence-corrected chi connectivity index (χ4v) is 1.84. The van der Waals surface area contributed by atoms with Crippen molar-refractivity contribution in [1.29, 1.82) is 0 Å². The van der Waals surface area contributed by atoms with Crippen LogP contribution in [0, 0.1) is 0 Å². The lowest BCUT2D eigenvalue weighted by molar-refractivity contribution is -0.145. The zero-order valence-electron chi connectivity index (χ0n) is 7.62. The number of carbonyl (C=O) groups is 1. The molecule has 0 spiro atoms. The van der Waals surface area contributed by atoms with E-state index in [1.54, 1.807) is 0 Å². The van der Waals surface area contributed by atoms with Crippen LogP contribution >= 0.6 is 0 Å². The monoisotopic (exact) mass is 176 g/mol. The molecular formula is C11H12O2. The van der Waals surface area contributed by atoms with Gasteiger partial charge in [-0.05, 0) is 11.1 Å². The number of fused-ring (bicyclic) bond motifs is 1. The molecule has 2 nitrogen and oxygen atoms in total. The summed E-state index contributed by atoms with van der Waals surface area (Å²) in [4.78, 5) is 10.7. The molecule has 1 aliphatic carbocycles. The Balaban J connectivity index is 2.09. The van der Waals surface area contributed by atoms with Gasteiger partial charge in [0.1, 0.15) is 6.10 Å². The zero-order valence-corrected chi connectivity index (χ0v) is 7.62. The average molecular weight is 176 g/mol. The third-order valence-electron chi connectivity index (χ3n) is 2.35. The smallest absolute Gasteiger partial charge is 0.302 e. The first-order valence-electron chi connectivity index (χ1n) is 4.49. The van der Waals surface area contributed by atoms with Gasteiger partial charge in [-0.3, -0.25) is 4.79 Å². The summed E-state index contributed by atoms with van der Waals surface area (Å²) in [5.74, 6) is -0.183. The Bertz CT molecular complexity index is 306. The van der Waals surface area contributed by atoms with E-state index in [0.29, 0.717) is 0 Å². The molecule has 0 unspecified atom stereocenters. The quantitative estimate of drug-likeness (QED) is 0.609. The van der Waals surface area contributed by atoms with Gasteiger partial charge in [-0.15, -0.1) is 0 Å². The van der Waals surface area contributed by atoms with E-state index in [9.17, 15) is 4.79 Å². The molecule has 0 heterocycles. The molecule has 0 saturated carbocycles. The summed E-state index contributed by atoms with van der Waals surface area (Å²) in [6.07, 6.45) is 1.81. The minimum absolute atomic E-state index is 0.0647. The van der Waals surface area contributed by atoms with Crippen LogP contribution < -0.4 is 0 Å². The van der Waals surface area contributed by atoms with Crippen LogP contribution in [-0.2, 0) is 22.4 Å². The summed E-state index contributed by atoms with van der Waals surface area (Å²) in [5, 5.41) is 0. The third kappa shape index (κ3) is 1.72. The molecular weight excluding hydrogens is 164 g/mol. The van der Waals surface area contributed by atoms with Crippen LogP contribution in [-0.4, -0.2) is 12.1 Å². The molecule has 0 aliphatic heterocycles. The molecule has 0 N–H and O–H groups in total. The maximum atomic E-state index is 10.7. The fraction of sp³-hybridized carbons (Fsp3) is 0.364. The molecule has 0 saturated heterocycles. The normalized spacial score (nSPS) is 15.5. The largest absolute Gasteiger partial charge is 0.462 e. The van der Waals surface area contributed by atoms with Crippen molar-refractivity contribution < 1.29 is 9.53 Å². The van der Waals surface area contributed by atoms with Crippen LogP contribution in [0.1, 0.15) is 18.1 Å². The minimum Gasteiger partial charge on any atom is -0.462 e. The van der Waals surface area contributed by atoms with E-state index < -0.39 is 0 Å². The lowest BCUT2D eigenvalue weighted by atomic mass is 10.1. The Hall–Kier alpha value is -1.31. The number of benzene rings is 1. The van der Waals surface area contributed by atoms with Crippen molar-refractivity contribution in [3.8, 4) is 0 Å². The summed E-state index contributed by atoms with van der Waals surface area (Å²) in [5.41, 5.74) is 2.63. The molecule has 1 aliphatic rings. The molecule has 0 bridgehead atoms. The first-order valence-corrected chi connectivity index (χ1v) is 4.49. The first-order chi connectivity index (χ1) is 6.25. The lowest BCUT2D eigenvalue weighted by Gasteiger charge is -2.08. The van der Waals surface area contributed by atoms with Crippen LogP contribution in [0.2, 0.25) is 0 Å². The van der Waals surface area contributed by atoms with Crippen molar-refractivity contribution >= 4 is 5.97 Å².